The Morgan fingerprint density at radius 2 is 1.23 bits per heavy atom. The minimum absolute atomic E-state index is 0. The zero-order valence-electron chi connectivity index (χ0n) is 25.3. The van der Waals surface area contributed by atoms with Crippen molar-refractivity contribution < 1.29 is 13.6 Å². The SMILES string of the molecule is C.C.CC(C)C.CC(C)c1nnno1.CC(C)c1nnns1.CC(C)c1nnon1.CC(C)c1nnsn1.c1nnco1. The van der Waals surface area contributed by atoms with E-state index in [0.29, 0.717) is 29.5 Å². The number of hydrogen-bond acceptors (Lipinski definition) is 19. The van der Waals surface area contributed by atoms with E-state index in [1.807, 2.05) is 41.5 Å². The van der Waals surface area contributed by atoms with Gasteiger partial charge in [0, 0.05) is 35.2 Å². The fraction of sp³-hybridized carbons (Fsp3) is 0.750. The highest BCUT2D eigenvalue weighted by Crippen LogP contribution is 2.11. The van der Waals surface area contributed by atoms with Crippen molar-refractivity contribution in [3.63, 3.8) is 0 Å². The standard InChI is InChI=1S/2C4H7N3O.2C4H7N3S.C4H10.C2H2N2O.2CH4/c1-3(2)4-5-6-7-8-4;1-3(2)4-5-7-8-6-4;1-3(2)4-5-6-7-8-4;1-3(2)4-5-7-8-6-4;1-4(2)3;1-3-4-2-5-1;;/h4*3H,1-2H3;4H,1-3H3;1-2H;2*1H4. The van der Waals surface area contributed by atoms with Gasteiger partial charge in [-0.05, 0) is 21.5 Å². The second kappa shape index (κ2) is 27.1. The largest absolute Gasteiger partial charge is 0.431 e. The van der Waals surface area contributed by atoms with Crippen molar-refractivity contribution in [2.75, 3.05) is 0 Å². The molecule has 0 bridgehead atoms. The lowest BCUT2D eigenvalue weighted by atomic mass is 10.2. The molecule has 5 heterocycles. The Labute approximate surface area is 262 Å². The van der Waals surface area contributed by atoms with Crippen LogP contribution in [0.1, 0.15) is 137 Å². The summed E-state index contributed by atoms with van der Waals surface area (Å²) in [6.45, 7) is 22.6. The van der Waals surface area contributed by atoms with Crippen molar-refractivity contribution in [3.05, 3.63) is 35.3 Å². The quantitative estimate of drug-likeness (QED) is 0.209. The lowest BCUT2D eigenvalue weighted by Crippen LogP contribution is -1.88. The van der Waals surface area contributed by atoms with Crippen LogP contribution in [-0.2, 0) is 0 Å². The van der Waals surface area contributed by atoms with Crippen molar-refractivity contribution >= 4 is 23.3 Å². The summed E-state index contributed by atoms with van der Waals surface area (Å²) in [5.41, 5.74) is 0. The maximum atomic E-state index is 4.62. The first-order valence-electron chi connectivity index (χ1n) is 12.7. The minimum Gasteiger partial charge on any atom is -0.431 e. The molecule has 19 heteroatoms. The van der Waals surface area contributed by atoms with E-state index in [0.717, 1.165) is 28.5 Å². The molecule has 5 rings (SSSR count). The molecule has 17 nitrogen and oxygen atoms in total. The molecule has 5 aromatic heterocycles. The maximum Gasteiger partial charge on any atom is 0.250 e. The van der Waals surface area contributed by atoms with Crippen molar-refractivity contribution in [1.29, 1.82) is 0 Å². The van der Waals surface area contributed by atoms with E-state index in [2.05, 4.69) is 118 Å². The molecule has 5 aromatic rings. The normalized spacial score (nSPS) is 9.49. The molecule has 43 heavy (non-hydrogen) atoms. The van der Waals surface area contributed by atoms with Gasteiger partial charge in [-0.25, -0.2) is 4.63 Å². The first-order valence-corrected chi connectivity index (χ1v) is 14.2. The third-order valence-corrected chi connectivity index (χ3v) is 4.88. The van der Waals surface area contributed by atoms with Gasteiger partial charge >= 0.3 is 0 Å². The van der Waals surface area contributed by atoms with Crippen LogP contribution in [0, 0.1) is 5.92 Å². The van der Waals surface area contributed by atoms with Crippen LogP contribution < -0.4 is 0 Å². The molecular weight excluding hydrogens is 596 g/mol. The summed E-state index contributed by atoms with van der Waals surface area (Å²) in [5.74, 6) is 4.39. The predicted octanol–water partition coefficient (Wildman–Crippen LogP) is 6.29. The lowest BCUT2D eigenvalue weighted by Gasteiger charge is -1.90. The van der Waals surface area contributed by atoms with Crippen molar-refractivity contribution in [1.82, 2.24) is 70.1 Å². The van der Waals surface area contributed by atoms with Crippen LogP contribution in [0.15, 0.2) is 26.4 Å². The van der Waals surface area contributed by atoms with E-state index in [-0.39, 0.29) is 20.8 Å². The molecule has 0 fully saturated rings. The molecule has 0 aromatic carbocycles. The Hall–Kier alpha value is -3.74. The van der Waals surface area contributed by atoms with E-state index in [4.69, 9.17) is 0 Å². The molecule has 0 spiro atoms. The smallest absolute Gasteiger partial charge is 0.250 e. The first kappa shape index (κ1) is 43.7. The number of nitrogens with zero attached hydrogens (tertiary/aromatic N) is 14. The van der Waals surface area contributed by atoms with Gasteiger partial charge in [-0.15, -0.1) is 20.4 Å². The summed E-state index contributed by atoms with van der Waals surface area (Å²) in [6, 6.07) is 0. The number of hydrogen-bond donors (Lipinski definition) is 0. The molecule has 0 aliphatic rings. The Balaban J connectivity index is -0.000000449. The van der Waals surface area contributed by atoms with E-state index < -0.39 is 0 Å². The zero-order valence-corrected chi connectivity index (χ0v) is 27.0. The highest BCUT2D eigenvalue weighted by atomic mass is 32.1. The van der Waals surface area contributed by atoms with Gasteiger partial charge in [0.1, 0.15) is 5.01 Å². The van der Waals surface area contributed by atoms with Gasteiger partial charge in [-0.3, -0.25) is 0 Å². The zero-order chi connectivity index (χ0) is 31.0. The Morgan fingerprint density at radius 1 is 0.628 bits per heavy atom. The molecule has 244 valence electrons. The maximum absolute atomic E-state index is 4.62. The fourth-order valence-corrected chi connectivity index (χ4v) is 2.51. The molecule has 0 aliphatic heterocycles. The Bertz CT molecular complexity index is 964. The van der Waals surface area contributed by atoms with Crippen molar-refractivity contribution in [2.45, 2.75) is 115 Å². The van der Waals surface area contributed by atoms with Crippen molar-refractivity contribution in [3.8, 4) is 0 Å². The summed E-state index contributed by atoms with van der Waals surface area (Å²) < 4.78 is 24.4. The number of aromatic nitrogens is 14. The van der Waals surface area contributed by atoms with Gasteiger partial charge in [0.2, 0.25) is 12.8 Å². The van der Waals surface area contributed by atoms with Crippen LogP contribution in [0.3, 0.4) is 0 Å². The van der Waals surface area contributed by atoms with Gasteiger partial charge in [0.05, 0.1) is 22.3 Å². The molecule has 0 amide bonds. The van der Waals surface area contributed by atoms with Crippen molar-refractivity contribution in [2.24, 2.45) is 5.92 Å². The second-order valence-electron chi connectivity index (χ2n) is 9.76. The second-order valence-corrected chi connectivity index (χ2v) is 11.0. The summed E-state index contributed by atoms with van der Waals surface area (Å²) >= 11 is 2.52. The van der Waals surface area contributed by atoms with Gasteiger partial charge in [-0.1, -0.05) is 110 Å². The number of rotatable bonds is 4. The van der Waals surface area contributed by atoms with Gasteiger partial charge in [-0.2, -0.15) is 4.37 Å². The highest BCUT2D eigenvalue weighted by molar-refractivity contribution is 7.05. The first-order chi connectivity index (χ1) is 19.5. The summed E-state index contributed by atoms with van der Waals surface area (Å²) in [5, 5.41) is 39.0. The Morgan fingerprint density at radius 3 is 1.44 bits per heavy atom. The molecule has 0 unspecified atom stereocenters. The topological polar surface area (TPSA) is 220 Å². The van der Waals surface area contributed by atoms with E-state index >= 15 is 0 Å². The van der Waals surface area contributed by atoms with Crippen LogP contribution in [0.5, 0.6) is 0 Å². The molecule has 0 atom stereocenters. The van der Waals surface area contributed by atoms with Crippen LogP contribution in [0.2, 0.25) is 0 Å². The Kier molecular flexibility index (Phi) is 27.6. The fourth-order valence-electron chi connectivity index (χ4n) is 1.58. The molecule has 0 aliphatic carbocycles. The third-order valence-electron chi connectivity index (χ3n) is 3.56. The van der Waals surface area contributed by atoms with E-state index in [1.54, 1.807) is 0 Å². The van der Waals surface area contributed by atoms with Crippen LogP contribution in [-0.4, -0.2) is 70.1 Å². The molecule has 0 radical (unpaired) electrons. The average Bonchev–Trinajstić information content (AvgIpc) is 3.75. The molecule has 0 saturated carbocycles. The van der Waals surface area contributed by atoms with Crippen LogP contribution in [0.4, 0.5) is 0 Å². The van der Waals surface area contributed by atoms with E-state index in [1.165, 1.54) is 24.3 Å². The van der Waals surface area contributed by atoms with Gasteiger partial charge in [0.25, 0.3) is 5.89 Å². The lowest BCUT2D eigenvalue weighted by molar-refractivity contribution is 0.290. The molecular formula is C24H48N14O3S2. The monoisotopic (exact) mass is 644 g/mol. The van der Waals surface area contributed by atoms with Crippen LogP contribution >= 0.6 is 23.3 Å². The minimum atomic E-state index is 0. The summed E-state index contributed by atoms with van der Waals surface area (Å²) in [6.07, 6.45) is 2.53. The van der Waals surface area contributed by atoms with Gasteiger partial charge in [0.15, 0.2) is 11.6 Å². The predicted molar refractivity (Wildman–Crippen MR) is 164 cm³/mol. The summed E-state index contributed by atoms with van der Waals surface area (Å²) in [7, 11) is 0. The van der Waals surface area contributed by atoms with Crippen LogP contribution in [0.25, 0.3) is 0 Å². The average molecular weight is 645 g/mol. The van der Waals surface area contributed by atoms with Gasteiger partial charge < -0.3 is 8.94 Å². The summed E-state index contributed by atoms with van der Waals surface area (Å²) in [4.78, 5) is 0. The third kappa shape index (κ3) is 24.6. The van der Waals surface area contributed by atoms with E-state index in [9.17, 15) is 0 Å². The highest BCUT2D eigenvalue weighted by Gasteiger charge is 2.04. The molecule has 0 N–H and O–H groups in total. The molecule has 0 saturated heterocycles.